The van der Waals surface area contributed by atoms with Crippen molar-refractivity contribution in [1.29, 1.82) is 0 Å². The van der Waals surface area contributed by atoms with E-state index >= 15 is 0 Å². The lowest BCUT2D eigenvalue weighted by atomic mass is 9.84. The van der Waals surface area contributed by atoms with Crippen molar-refractivity contribution in [3.05, 3.63) is 18.2 Å². The molecular weight excluding hydrogens is 262 g/mol. The van der Waals surface area contributed by atoms with Crippen molar-refractivity contribution >= 4 is 0 Å². The molecule has 4 heteroatoms. The molecule has 21 heavy (non-hydrogen) atoms. The maximum absolute atomic E-state index is 10.8. The van der Waals surface area contributed by atoms with Gasteiger partial charge in [-0.15, -0.1) is 0 Å². The van der Waals surface area contributed by atoms with E-state index in [4.69, 9.17) is 0 Å². The number of imidazole rings is 1. The molecule has 0 bridgehead atoms. The SMILES string of the molecule is CCN1CCC[C@@H](c2nccn2CC2(O)CCCCC2)C1. The van der Waals surface area contributed by atoms with E-state index in [2.05, 4.69) is 27.6 Å². The third-order valence-corrected chi connectivity index (χ3v) is 5.31. The van der Waals surface area contributed by atoms with E-state index in [0.29, 0.717) is 5.92 Å². The van der Waals surface area contributed by atoms with Gasteiger partial charge in [-0.1, -0.05) is 26.2 Å². The Hall–Kier alpha value is -0.870. The van der Waals surface area contributed by atoms with Crippen molar-refractivity contribution in [2.24, 2.45) is 0 Å². The quantitative estimate of drug-likeness (QED) is 0.927. The zero-order chi connectivity index (χ0) is 14.7. The molecule has 1 saturated carbocycles. The summed E-state index contributed by atoms with van der Waals surface area (Å²) in [7, 11) is 0. The molecule has 2 aliphatic rings. The van der Waals surface area contributed by atoms with Crippen LogP contribution in [0, 0.1) is 0 Å². The van der Waals surface area contributed by atoms with E-state index in [1.807, 2.05) is 6.20 Å². The van der Waals surface area contributed by atoms with E-state index < -0.39 is 5.60 Å². The number of hydrogen-bond acceptors (Lipinski definition) is 3. The predicted molar refractivity (Wildman–Crippen MR) is 84.4 cm³/mol. The Morgan fingerprint density at radius 1 is 1.29 bits per heavy atom. The first-order chi connectivity index (χ1) is 10.2. The summed E-state index contributed by atoms with van der Waals surface area (Å²) >= 11 is 0. The van der Waals surface area contributed by atoms with Gasteiger partial charge in [-0.3, -0.25) is 0 Å². The smallest absolute Gasteiger partial charge is 0.113 e. The Labute approximate surface area is 128 Å². The topological polar surface area (TPSA) is 41.3 Å². The predicted octanol–water partition coefficient (Wildman–Crippen LogP) is 2.78. The monoisotopic (exact) mass is 291 g/mol. The van der Waals surface area contributed by atoms with Gasteiger partial charge in [0, 0.05) is 24.9 Å². The van der Waals surface area contributed by atoms with Gasteiger partial charge in [0.2, 0.25) is 0 Å². The minimum atomic E-state index is -0.507. The van der Waals surface area contributed by atoms with Gasteiger partial charge in [0.05, 0.1) is 12.1 Å². The van der Waals surface area contributed by atoms with Crippen LogP contribution < -0.4 is 0 Å². The van der Waals surface area contributed by atoms with Gasteiger partial charge >= 0.3 is 0 Å². The highest BCUT2D eigenvalue weighted by Gasteiger charge is 2.31. The molecule has 3 rings (SSSR count). The van der Waals surface area contributed by atoms with E-state index in [-0.39, 0.29) is 0 Å². The molecule has 118 valence electrons. The molecule has 1 atom stereocenters. The molecule has 1 aliphatic carbocycles. The van der Waals surface area contributed by atoms with Crippen LogP contribution in [0.3, 0.4) is 0 Å². The zero-order valence-corrected chi connectivity index (χ0v) is 13.3. The van der Waals surface area contributed by atoms with E-state index in [0.717, 1.165) is 45.3 Å². The number of aromatic nitrogens is 2. The number of nitrogens with zero attached hydrogens (tertiary/aromatic N) is 3. The lowest BCUT2D eigenvalue weighted by molar-refractivity contribution is -0.0125. The summed E-state index contributed by atoms with van der Waals surface area (Å²) in [5.74, 6) is 1.72. The van der Waals surface area contributed by atoms with Crippen molar-refractivity contribution in [3.63, 3.8) is 0 Å². The molecule has 1 aliphatic heterocycles. The summed E-state index contributed by atoms with van der Waals surface area (Å²) < 4.78 is 2.23. The highest BCUT2D eigenvalue weighted by Crippen LogP contribution is 2.32. The highest BCUT2D eigenvalue weighted by molar-refractivity contribution is 5.04. The highest BCUT2D eigenvalue weighted by atomic mass is 16.3. The Morgan fingerprint density at radius 3 is 2.86 bits per heavy atom. The van der Waals surface area contributed by atoms with Crippen LogP contribution in [-0.4, -0.2) is 44.8 Å². The van der Waals surface area contributed by atoms with Gasteiger partial charge < -0.3 is 14.6 Å². The molecule has 2 fully saturated rings. The number of aliphatic hydroxyl groups is 1. The summed E-state index contributed by atoms with van der Waals surface area (Å²) in [6.45, 7) is 6.43. The Balaban J connectivity index is 1.71. The van der Waals surface area contributed by atoms with Crippen LogP contribution in [-0.2, 0) is 6.54 Å². The van der Waals surface area contributed by atoms with Crippen LogP contribution in [0.4, 0.5) is 0 Å². The Bertz CT molecular complexity index is 451. The first-order valence-corrected chi connectivity index (χ1v) is 8.66. The van der Waals surface area contributed by atoms with Crippen LogP contribution >= 0.6 is 0 Å². The van der Waals surface area contributed by atoms with Crippen LogP contribution in [0.25, 0.3) is 0 Å². The van der Waals surface area contributed by atoms with Crippen LogP contribution in [0.15, 0.2) is 12.4 Å². The maximum atomic E-state index is 10.8. The van der Waals surface area contributed by atoms with Crippen molar-refractivity contribution < 1.29 is 5.11 Å². The summed E-state index contributed by atoms with van der Waals surface area (Å²) in [4.78, 5) is 7.15. The second-order valence-corrected chi connectivity index (χ2v) is 6.93. The number of rotatable bonds is 4. The zero-order valence-electron chi connectivity index (χ0n) is 13.3. The van der Waals surface area contributed by atoms with E-state index in [9.17, 15) is 5.11 Å². The summed E-state index contributed by atoms with van der Waals surface area (Å²) in [5, 5.41) is 10.8. The van der Waals surface area contributed by atoms with Gasteiger partial charge in [0.15, 0.2) is 0 Å². The number of piperidine rings is 1. The third kappa shape index (κ3) is 3.49. The van der Waals surface area contributed by atoms with Crippen LogP contribution in [0.1, 0.15) is 63.6 Å². The minimum Gasteiger partial charge on any atom is -0.388 e. The Kier molecular flexibility index (Phi) is 4.65. The fourth-order valence-electron chi connectivity index (χ4n) is 4.05. The van der Waals surface area contributed by atoms with Gasteiger partial charge in [0.25, 0.3) is 0 Å². The van der Waals surface area contributed by atoms with Crippen LogP contribution in [0.5, 0.6) is 0 Å². The fourth-order valence-corrected chi connectivity index (χ4v) is 4.05. The van der Waals surface area contributed by atoms with Gasteiger partial charge in [-0.05, 0) is 38.8 Å². The molecule has 2 heterocycles. The van der Waals surface area contributed by atoms with Crippen molar-refractivity contribution in [1.82, 2.24) is 14.5 Å². The largest absolute Gasteiger partial charge is 0.388 e. The summed E-state index contributed by atoms with van der Waals surface area (Å²) in [5.41, 5.74) is -0.507. The number of likely N-dealkylation sites (N-methyl/N-ethyl adjacent to an activating group) is 1. The molecule has 1 saturated heterocycles. The van der Waals surface area contributed by atoms with Gasteiger partial charge in [-0.2, -0.15) is 0 Å². The molecule has 0 amide bonds. The fraction of sp³-hybridized carbons (Fsp3) is 0.824. The minimum absolute atomic E-state index is 0.507. The lowest BCUT2D eigenvalue weighted by Crippen LogP contribution is -2.38. The standard InChI is InChI=1S/C17H29N3O/c1-2-19-11-6-7-15(13-19)16-18-10-12-20(16)14-17(21)8-4-3-5-9-17/h10,12,15,21H,2-9,11,13-14H2,1H3/t15-/m1/s1. The average molecular weight is 291 g/mol. The van der Waals surface area contributed by atoms with Gasteiger partial charge in [-0.25, -0.2) is 4.98 Å². The van der Waals surface area contributed by atoms with Crippen molar-refractivity contribution in [3.8, 4) is 0 Å². The number of likely N-dealkylation sites (tertiary alicyclic amines) is 1. The second-order valence-electron chi connectivity index (χ2n) is 6.93. The third-order valence-electron chi connectivity index (χ3n) is 5.31. The van der Waals surface area contributed by atoms with Gasteiger partial charge in [0.1, 0.15) is 5.82 Å². The maximum Gasteiger partial charge on any atom is 0.113 e. The van der Waals surface area contributed by atoms with Crippen molar-refractivity contribution in [2.75, 3.05) is 19.6 Å². The van der Waals surface area contributed by atoms with Crippen LogP contribution in [0.2, 0.25) is 0 Å². The second kappa shape index (κ2) is 6.49. The molecule has 4 nitrogen and oxygen atoms in total. The molecule has 1 aromatic heterocycles. The molecule has 1 aromatic rings. The molecular formula is C17H29N3O. The first kappa shape index (κ1) is 15.0. The van der Waals surface area contributed by atoms with E-state index in [1.165, 1.54) is 31.6 Å². The number of hydrogen-bond donors (Lipinski definition) is 1. The summed E-state index contributed by atoms with van der Waals surface area (Å²) in [6, 6.07) is 0. The molecule has 1 N–H and O–H groups in total. The average Bonchev–Trinajstić information content (AvgIpc) is 2.95. The molecule has 0 aromatic carbocycles. The first-order valence-electron chi connectivity index (χ1n) is 8.66. The molecule has 0 unspecified atom stereocenters. The lowest BCUT2D eigenvalue weighted by Gasteiger charge is -2.35. The summed E-state index contributed by atoms with van der Waals surface area (Å²) in [6.07, 6.45) is 11.9. The molecule has 0 radical (unpaired) electrons. The molecule has 0 spiro atoms. The Morgan fingerprint density at radius 2 is 2.10 bits per heavy atom. The van der Waals surface area contributed by atoms with E-state index in [1.54, 1.807) is 0 Å². The normalized spacial score (nSPS) is 26.9. The van der Waals surface area contributed by atoms with Crippen molar-refractivity contribution in [2.45, 2.75) is 69.9 Å².